The second kappa shape index (κ2) is 6.20. The molecular formula is C16H23NO2. The first-order valence-electron chi connectivity index (χ1n) is 6.92. The minimum atomic E-state index is 0.270. The number of hydrogen-bond acceptors (Lipinski definition) is 2. The Kier molecular flexibility index (Phi) is 4.59. The Hall–Kier alpha value is -1.35. The standard InChI is InChI=1S/C16H23NO2/c1-12-6-13(2)8-14(7-12)9-15-10-16(18)17(11-15)4-5-19-3/h6-8,15H,4-5,9-11H2,1-3H3. The van der Waals surface area contributed by atoms with Crippen molar-refractivity contribution in [3.8, 4) is 0 Å². The van der Waals surface area contributed by atoms with Crippen molar-refractivity contribution in [1.82, 2.24) is 4.90 Å². The molecule has 0 N–H and O–H groups in total. The molecule has 1 atom stereocenters. The maximum absolute atomic E-state index is 11.9. The number of aryl methyl sites for hydroxylation is 2. The highest BCUT2D eigenvalue weighted by atomic mass is 16.5. The third kappa shape index (κ3) is 3.80. The summed E-state index contributed by atoms with van der Waals surface area (Å²) in [6.45, 7) is 6.47. The Bertz CT molecular complexity index is 436. The van der Waals surface area contributed by atoms with E-state index >= 15 is 0 Å². The largest absolute Gasteiger partial charge is 0.383 e. The van der Waals surface area contributed by atoms with Gasteiger partial charge in [-0.05, 0) is 31.7 Å². The summed E-state index contributed by atoms with van der Waals surface area (Å²) in [5.74, 6) is 0.719. The number of rotatable bonds is 5. The minimum Gasteiger partial charge on any atom is -0.383 e. The van der Waals surface area contributed by atoms with Gasteiger partial charge in [0.2, 0.25) is 5.91 Å². The molecule has 0 radical (unpaired) electrons. The van der Waals surface area contributed by atoms with Gasteiger partial charge in [-0.15, -0.1) is 0 Å². The van der Waals surface area contributed by atoms with Crippen molar-refractivity contribution in [2.75, 3.05) is 26.8 Å². The van der Waals surface area contributed by atoms with Crippen LogP contribution in [0, 0.1) is 19.8 Å². The first-order valence-corrected chi connectivity index (χ1v) is 6.92. The van der Waals surface area contributed by atoms with E-state index in [1.54, 1.807) is 7.11 Å². The number of carbonyl (C=O) groups excluding carboxylic acids is 1. The Morgan fingerprint density at radius 3 is 2.58 bits per heavy atom. The number of ether oxygens (including phenoxy) is 1. The molecule has 3 heteroatoms. The van der Waals surface area contributed by atoms with Gasteiger partial charge in [-0.25, -0.2) is 0 Å². The maximum Gasteiger partial charge on any atom is 0.223 e. The number of amides is 1. The molecule has 1 amide bonds. The van der Waals surface area contributed by atoms with E-state index in [-0.39, 0.29) is 5.91 Å². The van der Waals surface area contributed by atoms with Crippen LogP contribution in [0.25, 0.3) is 0 Å². The molecule has 3 nitrogen and oxygen atoms in total. The summed E-state index contributed by atoms with van der Waals surface area (Å²) in [6.07, 6.45) is 1.68. The van der Waals surface area contributed by atoms with E-state index in [4.69, 9.17) is 4.74 Å². The van der Waals surface area contributed by atoms with Gasteiger partial charge >= 0.3 is 0 Å². The second-order valence-corrected chi connectivity index (χ2v) is 5.60. The van der Waals surface area contributed by atoms with E-state index < -0.39 is 0 Å². The molecule has 1 aromatic rings. The predicted octanol–water partition coefficient (Wildman–Crippen LogP) is 2.34. The summed E-state index contributed by atoms with van der Waals surface area (Å²) in [5, 5.41) is 0. The summed E-state index contributed by atoms with van der Waals surface area (Å²) >= 11 is 0. The van der Waals surface area contributed by atoms with Gasteiger partial charge in [0.1, 0.15) is 0 Å². The van der Waals surface area contributed by atoms with Crippen LogP contribution in [-0.2, 0) is 16.0 Å². The lowest BCUT2D eigenvalue weighted by Gasteiger charge is -2.16. The first kappa shape index (κ1) is 14.1. The van der Waals surface area contributed by atoms with E-state index in [0.717, 1.165) is 19.5 Å². The third-order valence-electron chi connectivity index (χ3n) is 3.67. The van der Waals surface area contributed by atoms with Crippen molar-refractivity contribution < 1.29 is 9.53 Å². The number of likely N-dealkylation sites (tertiary alicyclic amines) is 1. The van der Waals surface area contributed by atoms with Crippen molar-refractivity contribution in [2.24, 2.45) is 5.92 Å². The molecule has 1 aromatic carbocycles. The van der Waals surface area contributed by atoms with Crippen LogP contribution >= 0.6 is 0 Å². The van der Waals surface area contributed by atoms with Crippen LogP contribution in [0.1, 0.15) is 23.1 Å². The topological polar surface area (TPSA) is 29.5 Å². The summed E-state index contributed by atoms with van der Waals surface area (Å²) in [6, 6.07) is 6.65. The predicted molar refractivity (Wildman–Crippen MR) is 76.2 cm³/mol. The third-order valence-corrected chi connectivity index (χ3v) is 3.67. The van der Waals surface area contributed by atoms with Crippen LogP contribution in [0.5, 0.6) is 0 Å². The van der Waals surface area contributed by atoms with Crippen molar-refractivity contribution in [1.29, 1.82) is 0 Å². The Labute approximate surface area is 115 Å². The number of hydrogen-bond donors (Lipinski definition) is 0. The smallest absolute Gasteiger partial charge is 0.223 e. The molecule has 1 saturated heterocycles. The Morgan fingerprint density at radius 2 is 1.95 bits per heavy atom. The van der Waals surface area contributed by atoms with Crippen LogP contribution in [0.3, 0.4) is 0 Å². The number of benzene rings is 1. The molecule has 1 unspecified atom stereocenters. The van der Waals surface area contributed by atoms with Crippen molar-refractivity contribution in [3.63, 3.8) is 0 Å². The molecule has 1 heterocycles. The highest BCUT2D eigenvalue weighted by molar-refractivity contribution is 5.78. The average Bonchev–Trinajstić information content (AvgIpc) is 2.65. The van der Waals surface area contributed by atoms with Gasteiger partial charge in [0.15, 0.2) is 0 Å². The van der Waals surface area contributed by atoms with Crippen molar-refractivity contribution >= 4 is 5.91 Å². The van der Waals surface area contributed by atoms with Crippen molar-refractivity contribution in [2.45, 2.75) is 26.7 Å². The van der Waals surface area contributed by atoms with Crippen LogP contribution in [0.15, 0.2) is 18.2 Å². The summed E-state index contributed by atoms with van der Waals surface area (Å²) in [5.41, 5.74) is 3.95. The zero-order chi connectivity index (χ0) is 13.8. The lowest BCUT2D eigenvalue weighted by molar-refractivity contribution is -0.128. The number of carbonyl (C=O) groups is 1. The molecule has 0 aliphatic carbocycles. The van der Waals surface area contributed by atoms with E-state index in [9.17, 15) is 4.79 Å². The van der Waals surface area contributed by atoms with Crippen LogP contribution in [-0.4, -0.2) is 37.6 Å². The zero-order valence-corrected chi connectivity index (χ0v) is 12.1. The van der Waals surface area contributed by atoms with E-state index in [1.807, 2.05) is 4.90 Å². The quantitative estimate of drug-likeness (QED) is 0.814. The lowest BCUT2D eigenvalue weighted by atomic mass is 9.96. The van der Waals surface area contributed by atoms with Gasteiger partial charge in [-0.1, -0.05) is 29.3 Å². The van der Waals surface area contributed by atoms with Gasteiger partial charge in [-0.3, -0.25) is 4.79 Å². The molecule has 2 rings (SSSR count). The van der Waals surface area contributed by atoms with Gasteiger partial charge in [0.25, 0.3) is 0 Å². The first-order chi connectivity index (χ1) is 9.08. The monoisotopic (exact) mass is 261 g/mol. The fourth-order valence-electron chi connectivity index (χ4n) is 2.93. The van der Waals surface area contributed by atoms with E-state index in [0.29, 0.717) is 18.9 Å². The number of nitrogens with zero attached hydrogens (tertiary/aromatic N) is 1. The lowest BCUT2D eigenvalue weighted by Crippen LogP contribution is -2.28. The summed E-state index contributed by atoms with van der Waals surface area (Å²) in [7, 11) is 1.67. The summed E-state index contributed by atoms with van der Waals surface area (Å²) in [4.78, 5) is 13.8. The molecule has 1 aliphatic rings. The summed E-state index contributed by atoms with van der Waals surface area (Å²) < 4.78 is 5.04. The average molecular weight is 261 g/mol. The molecule has 19 heavy (non-hydrogen) atoms. The van der Waals surface area contributed by atoms with Gasteiger partial charge in [-0.2, -0.15) is 0 Å². The fourth-order valence-corrected chi connectivity index (χ4v) is 2.93. The highest BCUT2D eigenvalue weighted by Crippen LogP contribution is 2.22. The van der Waals surface area contributed by atoms with Crippen molar-refractivity contribution in [3.05, 3.63) is 34.9 Å². The zero-order valence-electron chi connectivity index (χ0n) is 12.1. The molecule has 0 spiro atoms. The number of methoxy groups -OCH3 is 1. The molecule has 0 aromatic heterocycles. The Morgan fingerprint density at radius 1 is 1.26 bits per heavy atom. The molecule has 1 fully saturated rings. The van der Waals surface area contributed by atoms with Gasteiger partial charge in [0.05, 0.1) is 6.61 Å². The van der Waals surface area contributed by atoms with E-state index in [2.05, 4.69) is 32.0 Å². The minimum absolute atomic E-state index is 0.270. The van der Waals surface area contributed by atoms with Gasteiger partial charge < -0.3 is 9.64 Å². The second-order valence-electron chi connectivity index (χ2n) is 5.60. The highest BCUT2D eigenvalue weighted by Gasteiger charge is 2.29. The fraction of sp³-hybridized carbons (Fsp3) is 0.562. The van der Waals surface area contributed by atoms with Crippen LogP contribution in [0.4, 0.5) is 0 Å². The Balaban J connectivity index is 1.95. The molecule has 104 valence electrons. The molecule has 0 saturated carbocycles. The van der Waals surface area contributed by atoms with E-state index in [1.165, 1.54) is 16.7 Å². The molecule has 0 bridgehead atoms. The maximum atomic E-state index is 11.9. The van der Waals surface area contributed by atoms with Gasteiger partial charge in [0, 0.05) is 26.6 Å². The molecule has 1 aliphatic heterocycles. The molecular weight excluding hydrogens is 238 g/mol. The van der Waals surface area contributed by atoms with Crippen LogP contribution in [0.2, 0.25) is 0 Å². The van der Waals surface area contributed by atoms with Crippen LogP contribution < -0.4 is 0 Å². The SMILES string of the molecule is COCCN1CC(Cc2cc(C)cc(C)c2)CC1=O. The normalized spacial score (nSPS) is 19.2.